The number of pyridine rings is 1. The third-order valence-corrected chi connectivity index (χ3v) is 5.71. The van der Waals surface area contributed by atoms with Crippen molar-refractivity contribution in [2.24, 2.45) is 0 Å². The molecule has 4 rings (SSSR count). The van der Waals surface area contributed by atoms with Crippen LogP contribution in [0.2, 0.25) is 0 Å². The monoisotopic (exact) mass is 376 g/mol. The minimum Gasteiger partial charge on any atom is -0.315 e. The second-order valence-corrected chi connectivity index (χ2v) is 9.05. The molecule has 0 aliphatic carbocycles. The average molecular weight is 377 g/mol. The lowest BCUT2D eigenvalue weighted by Crippen LogP contribution is -2.28. The minimum absolute atomic E-state index is 0.163. The summed E-state index contributed by atoms with van der Waals surface area (Å²) < 4.78 is 2.28. The van der Waals surface area contributed by atoms with E-state index in [9.17, 15) is 0 Å². The van der Waals surface area contributed by atoms with Crippen LogP contribution in [0.25, 0.3) is 16.9 Å². The molecule has 3 heterocycles. The van der Waals surface area contributed by atoms with Gasteiger partial charge in [-0.05, 0) is 55.1 Å². The molecule has 4 nitrogen and oxygen atoms in total. The highest BCUT2D eigenvalue weighted by atomic mass is 15.2. The van der Waals surface area contributed by atoms with Crippen LogP contribution in [-0.4, -0.2) is 40.5 Å². The van der Waals surface area contributed by atoms with Crippen molar-refractivity contribution in [3.05, 3.63) is 59.4 Å². The van der Waals surface area contributed by atoms with Crippen LogP contribution in [0.4, 0.5) is 0 Å². The smallest absolute Gasteiger partial charge is 0.137 e. The first-order valence-corrected chi connectivity index (χ1v) is 10.4. The van der Waals surface area contributed by atoms with Gasteiger partial charge >= 0.3 is 0 Å². The molecule has 1 fully saturated rings. The fourth-order valence-electron chi connectivity index (χ4n) is 3.98. The Morgan fingerprint density at radius 2 is 1.82 bits per heavy atom. The number of benzene rings is 1. The van der Waals surface area contributed by atoms with Gasteiger partial charge in [0.05, 0.1) is 11.4 Å². The van der Waals surface area contributed by atoms with E-state index in [0.29, 0.717) is 0 Å². The summed E-state index contributed by atoms with van der Waals surface area (Å²) in [6.07, 6.45) is 3.38. The normalized spacial score (nSPS) is 16.4. The van der Waals surface area contributed by atoms with Gasteiger partial charge in [0.1, 0.15) is 5.65 Å². The van der Waals surface area contributed by atoms with Gasteiger partial charge < -0.3 is 9.72 Å². The number of fused-ring (bicyclic) bond motifs is 1. The lowest BCUT2D eigenvalue weighted by atomic mass is 9.86. The van der Waals surface area contributed by atoms with Gasteiger partial charge in [0.25, 0.3) is 0 Å². The largest absolute Gasteiger partial charge is 0.315 e. The van der Waals surface area contributed by atoms with Crippen LogP contribution in [-0.2, 0) is 12.0 Å². The first-order valence-electron chi connectivity index (χ1n) is 10.4. The van der Waals surface area contributed by atoms with Crippen LogP contribution in [0.1, 0.15) is 44.0 Å². The van der Waals surface area contributed by atoms with E-state index in [1.807, 2.05) is 0 Å². The fourth-order valence-corrected chi connectivity index (χ4v) is 3.98. The Bertz CT molecular complexity index is 939. The highest BCUT2D eigenvalue weighted by Gasteiger charge is 2.19. The van der Waals surface area contributed by atoms with Crippen molar-refractivity contribution in [1.29, 1.82) is 0 Å². The SMILES string of the molecule is Cc1ccn2c(CN3CCCNCC3)c(-c3ccc(C(C)(C)C)cc3)nc2c1. The molecular formula is C24H32N4. The number of nitrogens with one attached hydrogen (secondary N) is 1. The maximum Gasteiger partial charge on any atom is 0.137 e. The van der Waals surface area contributed by atoms with Crippen molar-refractivity contribution in [2.45, 2.75) is 46.1 Å². The van der Waals surface area contributed by atoms with Gasteiger partial charge in [0, 0.05) is 31.4 Å². The lowest BCUT2D eigenvalue weighted by molar-refractivity contribution is 0.281. The van der Waals surface area contributed by atoms with E-state index >= 15 is 0 Å². The van der Waals surface area contributed by atoms with Crippen molar-refractivity contribution >= 4 is 5.65 Å². The summed E-state index contributed by atoms with van der Waals surface area (Å²) >= 11 is 0. The van der Waals surface area contributed by atoms with Gasteiger partial charge in [-0.15, -0.1) is 0 Å². The first-order chi connectivity index (χ1) is 13.4. The van der Waals surface area contributed by atoms with Gasteiger partial charge in [0.15, 0.2) is 0 Å². The summed E-state index contributed by atoms with van der Waals surface area (Å²) in [5.41, 5.74) is 7.42. The molecular weight excluding hydrogens is 344 g/mol. The van der Waals surface area contributed by atoms with E-state index in [1.165, 1.54) is 28.8 Å². The molecule has 1 aliphatic heterocycles. The number of nitrogens with zero attached hydrogens (tertiary/aromatic N) is 3. The highest BCUT2D eigenvalue weighted by molar-refractivity contribution is 5.67. The molecule has 0 bridgehead atoms. The van der Waals surface area contributed by atoms with E-state index in [0.717, 1.165) is 44.1 Å². The molecule has 1 aliphatic rings. The quantitative estimate of drug-likeness (QED) is 0.735. The Balaban J connectivity index is 1.76. The minimum atomic E-state index is 0.163. The zero-order chi connectivity index (χ0) is 19.7. The molecule has 148 valence electrons. The summed E-state index contributed by atoms with van der Waals surface area (Å²) in [5, 5.41) is 3.50. The molecule has 0 unspecified atom stereocenters. The standard InChI is InChI=1S/C24H32N4/c1-18-10-14-28-21(17-27-13-5-11-25-12-15-27)23(26-22(28)16-18)19-6-8-20(9-7-19)24(2,3)4/h6-10,14,16,25H,5,11-13,15,17H2,1-4H3. The number of hydrogen-bond acceptors (Lipinski definition) is 3. The summed E-state index contributed by atoms with van der Waals surface area (Å²) in [5.74, 6) is 0. The van der Waals surface area contributed by atoms with E-state index < -0.39 is 0 Å². The number of hydrogen-bond donors (Lipinski definition) is 1. The molecule has 0 atom stereocenters. The summed E-state index contributed by atoms with van der Waals surface area (Å²) in [6.45, 7) is 14.2. The van der Waals surface area contributed by atoms with Crippen molar-refractivity contribution in [1.82, 2.24) is 19.6 Å². The predicted octanol–water partition coefficient (Wildman–Crippen LogP) is 4.40. The summed E-state index contributed by atoms with van der Waals surface area (Å²) in [4.78, 5) is 7.60. The van der Waals surface area contributed by atoms with Gasteiger partial charge in [-0.2, -0.15) is 0 Å². The van der Waals surface area contributed by atoms with E-state index in [2.05, 4.69) is 84.9 Å². The van der Waals surface area contributed by atoms with Gasteiger partial charge in [-0.3, -0.25) is 4.90 Å². The summed E-state index contributed by atoms with van der Waals surface area (Å²) in [6, 6.07) is 13.3. The second-order valence-electron chi connectivity index (χ2n) is 9.05. The molecule has 4 heteroatoms. The Morgan fingerprint density at radius 1 is 1.04 bits per heavy atom. The van der Waals surface area contributed by atoms with Gasteiger partial charge in [-0.1, -0.05) is 45.0 Å². The van der Waals surface area contributed by atoms with Crippen LogP contribution in [0.15, 0.2) is 42.6 Å². The number of aryl methyl sites for hydroxylation is 1. The van der Waals surface area contributed by atoms with Crippen molar-refractivity contribution in [2.75, 3.05) is 26.2 Å². The van der Waals surface area contributed by atoms with Crippen LogP contribution >= 0.6 is 0 Å². The topological polar surface area (TPSA) is 32.6 Å². The number of rotatable bonds is 3. The lowest BCUT2D eigenvalue weighted by Gasteiger charge is -2.21. The first kappa shape index (κ1) is 19.2. The number of imidazole rings is 1. The number of aromatic nitrogens is 2. The molecule has 0 radical (unpaired) electrons. The Morgan fingerprint density at radius 3 is 2.57 bits per heavy atom. The molecule has 1 aromatic carbocycles. The third-order valence-electron chi connectivity index (χ3n) is 5.71. The maximum atomic E-state index is 5.05. The van der Waals surface area contributed by atoms with Gasteiger partial charge in [-0.25, -0.2) is 4.98 Å². The second kappa shape index (κ2) is 7.69. The van der Waals surface area contributed by atoms with Crippen LogP contribution in [0.3, 0.4) is 0 Å². The molecule has 28 heavy (non-hydrogen) atoms. The van der Waals surface area contributed by atoms with Gasteiger partial charge in [0.2, 0.25) is 0 Å². The molecule has 0 amide bonds. The predicted molar refractivity (Wildman–Crippen MR) is 117 cm³/mol. The Labute approximate surface area is 168 Å². The van der Waals surface area contributed by atoms with Crippen LogP contribution in [0, 0.1) is 6.92 Å². The Kier molecular flexibility index (Phi) is 5.26. The Hall–Kier alpha value is -2.17. The van der Waals surface area contributed by atoms with Crippen molar-refractivity contribution in [3.8, 4) is 11.3 Å². The molecule has 0 spiro atoms. The van der Waals surface area contributed by atoms with Crippen LogP contribution in [0.5, 0.6) is 0 Å². The fraction of sp³-hybridized carbons (Fsp3) is 0.458. The van der Waals surface area contributed by atoms with E-state index in [-0.39, 0.29) is 5.41 Å². The third kappa shape index (κ3) is 3.98. The molecule has 2 aromatic heterocycles. The van der Waals surface area contributed by atoms with Crippen LogP contribution < -0.4 is 5.32 Å². The van der Waals surface area contributed by atoms with E-state index in [4.69, 9.17) is 4.98 Å². The maximum absolute atomic E-state index is 5.05. The summed E-state index contributed by atoms with van der Waals surface area (Å²) in [7, 11) is 0. The van der Waals surface area contributed by atoms with E-state index in [1.54, 1.807) is 0 Å². The van der Waals surface area contributed by atoms with Crippen molar-refractivity contribution in [3.63, 3.8) is 0 Å². The zero-order valence-corrected chi connectivity index (χ0v) is 17.6. The van der Waals surface area contributed by atoms with Crippen molar-refractivity contribution < 1.29 is 0 Å². The molecule has 1 saturated heterocycles. The molecule has 0 saturated carbocycles. The average Bonchev–Trinajstić information content (AvgIpc) is 2.82. The molecule has 3 aromatic rings. The highest BCUT2D eigenvalue weighted by Crippen LogP contribution is 2.29. The molecule has 1 N–H and O–H groups in total. The zero-order valence-electron chi connectivity index (χ0n) is 17.6.